The van der Waals surface area contributed by atoms with Crippen molar-refractivity contribution in [2.75, 3.05) is 5.32 Å². The van der Waals surface area contributed by atoms with Gasteiger partial charge in [-0.1, -0.05) is 36.0 Å². The van der Waals surface area contributed by atoms with Crippen LogP contribution in [0.1, 0.15) is 16.3 Å². The third-order valence-electron chi connectivity index (χ3n) is 3.48. The number of thioether (sulfide) groups is 1. The summed E-state index contributed by atoms with van der Waals surface area (Å²) in [7, 11) is 0. The Kier molecular flexibility index (Phi) is 6.13. The first-order valence-corrected chi connectivity index (χ1v) is 9.81. The molecule has 0 radical (unpaired) electrons. The molecule has 0 saturated carbocycles. The van der Waals surface area contributed by atoms with Crippen molar-refractivity contribution in [3.63, 3.8) is 0 Å². The summed E-state index contributed by atoms with van der Waals surface area (Å²) in [5.41, 5.74) is 2.78. The SMILES string of the molecule is C=CCn1nnnc1SCc1csc(CC(=O)Nc2ccccc2C)n1. The number of allylic oxidation sites excluding steroid dienone is 1. The van der Waals surface area contributed by atoms with Crippen molar-refractivity contribution >= 4 is 34.7 Å². The Morgan fingerprint density at radius 2 is 2.27 bits per heavy atom. The van der Waals surface area contributed by atoms with Crippen LogP contribution in [0.4, 0.5) is 5.69 Å². The third-order valence-corrected chi connectivity index (χ3v) is 5.37. The van der Waals surface area contributed by atoms with Crippen LogP contribution in [0.3, 0.4) is 0 Å². The number of hydrogen-bond donors (Lipinski definition) is 1. The first-order chi connectivity index (χ1) is 12.7. The molecule has 0 aliphatic carbocycles. The van der Waals surface area contributed by atoms with Crippen LogP contribution in [-0.2, 0) is 23.5 Å². The van der Waals surface area contributed by atoms with E-state index in [2.05, 4.69) is 32.4 Å². The van der Waals surface area contributed by atoms with E-state index >= 15 is 0 Å². The summed E-state index contributed by atoms with van der Waals surface area (Å²) < 4.78 is 1.68. The van der Waals surface area contributed by atoms with Crippen LogP contribution in [0.15, 0.2) is 47.5 Å². The predicted molar refractivity (Wildman–Crippen MR) is 103 cm³/mol. The second-order valence-electron chi connectivity index (χ2n) is 5.49. The topological polar surface area (TPSA) is 85.6 Å². The number of nitrogens with one attached hydrogen (secondary N) is 1. The Morgan fingerprint density at radius 3 is 3.08 bits per heavy atom. The smallest absolute Gasteiger partial charge is 0.231 e. The van der Waals surface area contributed by atoms with Gasteiger partial charge in [0.2, 0.25) is 11.1 Å². The molecule has 3 rings (SSSR count). The second kappa shape index (κ2) is 8.72. The number of nitrogens with zero attached hydrogens (tertiary/aromatic N) is 5. The summed E-state index contributed by atoms with van der Waals surface area (Å²) in [4.78, 5) is 16.7. The van der Waals surface area contributed by atoms with Gasteiger partial charge in [0.25, 0.3) is 0 Å². The van der Waals surface area contributed by atoms with E-state index < -0.39 is 0 Å². The van der Waals surface area contributed by atoms with E-state index in [-0.39, 0.29) is 12.3 Å². The van der Waals surface area contributed by atoms with E-state index in [1.165, 1.54) is 23.1 Å². The van der Waals surface area contributed by atoms with Crippen molar-refractivity contribution in [3.8, 4) is 0 Å². The molecule has 1 N–H and O–H groups in total. The molecular weight excluding hydrogens is 368 g/mol. The number of carbonyl (C=O) groups is 1. The average molecular weight is 387 g/mol. The number of hydrogen-bond acceptors (Lipinski definition) is 7. The van der Waals surface area contributed by atoms with Crippen LogP contribution in [0.5, 0.6) is 0 Å². The van der Waals surface area contributed by atoms with Crippen LogP contribution >= 0.6 is 23.1 Å². The van der Waals surface area contributed by atoms with Crippen LogP contribution in [0.25, 0.3) is 0 Å². The van der Waals surface area contributed by atoms with Crippen molar-refractivity contribution in [2.45, 2.75) is 30.8 Å². The minimum absolute atomic E-state index is 0.0669. The highest BCUT2D eigenvalue weighted by Gasteiger charge is 2.11. The van der Waals surface area contributed by atoms with E-state index in [9.17, 15) is 4.79 Å². The normalized spacial score (nSPS) is 10.7. The van der Waals surface area contributed by atoms with Gasteiger partial charge in [-0.25, -0.2) is 9.67 Å². The van der Waals surface area contributed by atoms with Gasteiger partial charge in [0.15, 0.2) is 0 Å². The molecule has 0 atom stereocenters. The number of tetrazole rings is 1. The molecular formula is C17H18N6OS2. The summed E-state index contributed by atoms with van der Waals surface area (Å²) in [5.74, 6) is 0.579. The van der Waals surface area contributed by atoms with Gasteiger partial charge in [0.05, 0.1) is 18.7 Å². The molecule has 1 aromatic carbocycles. The zero-order valence-electron chi connectivity index (χ0n) is 14.3. The molecule has 1 amide bonds. The van der Waals surface area contributed by atoms with E-state index in [0.29, 0.717) is 12.3 Å². The largest absolute Gasteiger partial charge is 0.325 e. The number of carbonyl (C=O) groups excluding carboxylic acids is 1. The van der Waals surface area contributed by atoms with Gasteiger partial charge in [-0.05, 0) is 29.0 Å². The average Bonchev–Trinajstić information content (AvgIpc) is 3.25. The second-order valence-corrected chi connectivity index (χ2v) is 7.38. The molecule has 134 valence electrons. The molecule has 0 saturated heterocycles. The summed E-state index contributed by atoms with van der Waals surface area (Å²) >= 11 is 2.99. The quantitative estimate of drug-likeness (QED) is 0.473. The number of aromatic nitrogens is 5. The highest BCUT2D eigenvalue weighted by Crippen LogP contribution is 2.22. The Labute approximate surface area is 159 Å². The number of aryl methyl sites for hydroxylation is 1. The van der Waals surface area contributed by atoms with Crippen LogP contribution in [0.2, 0.25) is 0 Å². The molecule has 0 unspecified atom stereocenters. The predicted octanol–water partition coefficient (Wildman–Crippen LogP) is 3.10. The van der Waals surface area contributed by atoms with Gasteiger partial charge in [-0.15, -0.1) is 23.0 Å². The van der Waals surface area contributed by atoms with Gasteiger partial charge < -0.3 is 5.32 Å². The summed E-state index contributed by atoms with van der Waals surface area (Å²) in [5, 5.41) is 18.0. The van der Waals surface area contributed by atoms with Gasteiger partial charge in [-0.2, -0.15) is 0 Å². The summed E-state index contributed by atoms with van der Waals surface area (Å²) in [6, 6.07) is 7.71. The van der Waals surface area contributed by atoms with Gasteiger partial charge >= 0.3 is 0 Å². The van der Waals surface area contributed by atoms with Gasteiger partial charge in [-0.3, -0.25) is 4.79 Å². The minimum atomic E-state index is -0.0669. The zero-order valence-corrected chi connectivity index (χ0v) is 15.9. The molecule has 26 heavy (non-hydrogen) atoms. The number of para-hydroxylation sites is 1. The van der Waals surface area contributed by atoms with Crippen molar-refractivity contribution in [1.82, 2.24) is 25.2 Å². The fraction of sp³-hybridized carbons (Fsp3) is 0.235. The maximum atomic E-state index is 12.2. The first-order valence-electron chi connectivity index (χ1n) is 7.94. The standard InChI is InChI=1S/C17H18N6OS2/c1-3-8-23-17(20-21-22-23)26-11-13-10-25-16(18-13)9-15(24)19-14-7-5-4-6-12(14)2/h3-7,10H,1,8-9,11H2,2H3,(H,19,24). The number of thiazole rings is 1. The molecule has 0 aliphatic heterocycles. The lowest BCUT2D eigenvalue weighted by Gasteiger charge is -2.06. The van der Waals surface area contributed by atoms with Crippen molar-refractivity contribution in [1.29, 1.82) is 0 Å². The summed E-state index contributed by atoms with van der Waals surface area (Å²) in [6.07, 6.45) is 2.01. The molecule has 7 nitrogen and oxygen atoms in total. The Bertz CT molecular complexity index is 904. The van der Waals surface area contributed by atoms with Gasteiger partial charge in [0.1, 0.15) is 5.01 Å². The molecule has 2 aromatic heterocycles. The maximum absolute atomic E-state index is 12.2. The molecule has 2 heterocycles. The number of benzene rings is 1. The van der Waals surface area contributed by atoms with E-state index in [1.807, 2.05) is 36.6 Å². The van der Waals surface area contributed by atoms with E-state index in [0.717, 1.165) is 27.1 Å². The molecule has 0 fully saturated rings. The lowest BCUT2D eigenvalue weighted by molar-refractivity contribution is -0.115. The van der Waals surface area contributed by atoms with Crippen molar-refractivity contribution in [2.24, 2.45) is 0 Å². The monoisotopic (exact) mass is 386 g/mol. The first kappa shape index (κ1) is 18.3. The van der Waals surface area contributed by atoms with Gasteiger partial charge in [0, 0.05) is 16.8 Å². The zero-order chi connectivity index (χ0) is 18.4. The number of amides is 1. The molecule has 3 aromatic rings. The molecule has 0 bridgehead atoms. The maximum Gasteiger partial charge on any atom is 0.231 e. The molecule has 0 spiro atoms. The lowest BCUT2D eigenvalue weighted by atomic mass is 10.2. The van der Waals surface area contributed by atoms with E-state index in [4.69, 9.17) is 0 Å². The van der Waals surface area contributed by atoms with Crippen LogP contribution in [0, 0.1) is 6.92 Å². The molecule has 9 heteroatoms. The Balaban J connectivity index is 1.54. The van der Waals surface area contributed by atoms with Crippen molar-refractivity contribution < 1.29 is 4.79 Å². The van der Waals surface area contributed by atoms with Crippen LogP contribution in [-0.4, -0.2) is 31.1 Å². The van der Waals surface area contributed by atoms with Crippen molar-refractivity contribution in [3.05, 3.63) is 58.6 Å². The minimum Gasteiger partial charge on any atom is -0.325 e. The Morgan fingerprint density at radius 1 is 1.42 bits per heavy atom. The Hall–Kier alpha value is -2.52. The fourth-order valence-corrected chi connectivity index (χ4v) is 3.89. The third kappa shape index (κ3) is 4.77. The summed E-state index contributed by atoms with van der Waals surface area (Å²) in [6.45, 7) is 6.22. The van der Waals surface area contributed by atoms with Crippen LogP contribution < -0.4 is 5.32 Å². The fourth-order valence-electron chi connectivity index (χ4n) is 2.22. The lowest BCUT2D eigenvalue weighted by Crippen LogP contribution is -2.15. The number of rotatable bonds is 8. The number of anilines is 1. The highest BCUT2D eigenvalue weighted by molar-refractivity contribution is 7.98. The highest BCUT2D eigenvalue weighted by atomic mass is 32.2. The van der Waals surface area contributed by atoms with E-state index in [1.54, 1.807) is 10.8 Å². The molecule has 0 aliphatic rings.